The molecule has 0 unspecified atom stereocenters. The van der Waals surface area contributed by atoms with Gasteiger partial charge >= 0.3 is 0 Å². The molecule has 0 aliphatic rings. The second kappa shape index (κ2) is 2.34. The Balaban J connectivity index is 2.76. The Morgan fingerprint density at radius 1 is 1.55 bits per heavy atom. The summed E-state index contributed by atoms with van der Waals surface area (Å²) in [5.74, 6) is 1.06. The van der Waals surface area contributed by atoms with Gasteiger partial charge in [-0.2, -0.15) is 0 Å². The Kier molecular flexibility index (Phi) is 1.35. The summed E-state index contributed by atoms with van der Waals surface area (Å²) in [6.07, 6.45) is 6.37. The maximum Gasteiger partial charge on any atom is 0.114 e. The van der Waals surface area contributed by atoms with Crippen molar-refractivity contribution >= 4 is 5.52 Å². The molecule has 2 aromatic rings. The molecule has 0 spiro atoms. The molecule has 0 aliphatic carbocycles. The SMILES string of the molecule is CCc1ncc2ccncn12. The molecule has 56 valence electrons. The molecular formula is C8H9N3. The molecule has 0 aliphatic heterocycles. The molecule has 0 N–H and O–H groups in total. The molecular weight excluding hydrogens is 138 g/mol. The second-order valence-electron chi connectivity index (χ2n) is 2.40. The van der Waals surface area contributed by atoms with Crippen LogP contribution in [0.25, 0.3) is 5.52 Å². The average Bonchev–Trinajstić information content (AvgIpc) is 2.47. The first-order chi connectivity index (χ1) is 5.42. The van der Waals surface area contributed by atoms with Gasteiger partial charge in [0, 0.05) is 12.6 Å². The Bertz CT molecular complexity index is 364. The Morgan fingerprint density at radius 3 is 3.27 bits per heavy atom. The lowest BCUT2D eigenvalue weighted by molar-refractivity contribution is 0.913. The lowest BCUT2D eigenvalue weighted by Crippen LogP contribution is -1.91. The van der Waals surface area contributed by atoms with Crippen molar-refractivity contribution in [2.45, 2.75) is 13.3 Å². The van der Waals surface area contributed by atoms with E-state index in [1.807, 2.05) is 16.7 Å². The van der Waals surface area contributed by atoms with E-state index in [2.05, 4.69) is 16.9 Å². The first-order valence-electron chi connectivity index (χ1n) is 3.67. The van der Waals surface area contributed by atoms with Crippen LogP contribution in [0.3, 0.4) is 0 Å². The van der Waals surface area contributed by atoms with Crippen molar-refractivity contribution < 1.29 is 0 Å². The van der Waals surface area contributed by atoms with Crippen LogP contribution < -0.4 is 0 Å². The number of hydrogen-bond acceptors (Lipinski definition) is 2. The molecule has 3 nitrogen and oxygen atoms in total. The highest BCUT2D eigenvalue weighted by atomic mass is 15.0. The van der Waals surface area contributed by atoms with Crippen molar-refractivity contribution in [3.8, 4) is 0 Å². The highest BCUT2D eigenvalue weighted by Gasteiger charge is 1.97. The highest BCUT2D eigenvalue weighted by Crippen LogP contribution is 2.04. The van der Waals surface area contributed by atoms with Crippen molar-refractivity contribution in [1.29, 1.82) is 0 Å². The smallest absolute Gasteiger partial charge is 0.114 e. The van der Waals surface area contributed by atoms with Gasteiger partial charge in [-0.25, -0.2) is 9.97 Å². The van der Waals surface area contributed by atoms with E-state index in [0.717, 1.165) is 17.8 Å². The van der Waals surface area contributed by atoms with Crippen LogP contribution in [-0.2, 0) is 6.42 Å². The summed E-state index contributed by atoms with van der Waals surface area (Å²) in [5, 5.41) is 0. The first-order valence-corrected chi connectivity index (χ1v) is 3.67. The predicted octanol–water partition coefficient (Wildman–Crippen LogP) is 1.29. The average molecular weight is 147 g/mol. The van der Waals surface area contributed by atoms with Crippen LogP contribution in [0, 0.1) is 0 Å². The lowest BCUT2D eigenvalue weighted by atomic mass is 10.4. The van der Waals surface area contributed by atoms with Gasteiger partial charge in [0.05, 0.1) is 11.7 Å². The Morgan fingerprint density at radius 2 is 2.45 bits per heavy atom. The minimum Gasteiger partial charge on any atom is -0.287 e. The maximum absolute atomic E-state index is 4.24. The third-order valence-corrected chi connectivity index (χ3v) is 1.73. The molecule has 2 rings (SSSR count). The van der Waals surface area contributed by atoms with Gasteiger partial charge in [-0.1, -0.05) is 6.92 Å². The molecule has 0 saturated carbocycles. The molecule has 2 heterocycles. The third kappa shape index (κ3) is 0.888. The predicted molar refractivity (Wildman–Crippen MR) is 42.4 cm³/mol. The van der Waals surface area contributed by atoms with Gasteiger partial charge in [0.15, 0.2) is 0 Å². The molecule has 0 saturated heterocycles. The van der Waals surface area contributed by atoms with Crippen LogP contribution >= 0.6 is 0 Å². The lowest BCUT2D eigenvalue weighted by Gasteiger charge is -1.94. The van der Waals surface area contributed by atoms with E-state index in [1.165, 1.54) is 0 Å². The van der Waals surface area contributed by atoms with Gasteiger partial charge in [0.25, 0.3) is 0 Å². The fourth-order valence-electron chi connectivity index (χ4n) is 1.16. The van der Waals surface area contributed by atoms with Crippen molar-refractivity contribution in [3.63, 3.8) is 0 Å². The molecule has 3 heteroatoms. The molecule has 0 bridgehead atoms. The summed E-state index contributed by atoms with van der Waals surface area (Å²) in [6.45, 7) is 2.09. The van der Waals surface area contributed by atoms with Crippen LogP contribution in [0.15, 0.2) is 24.8 Å². The second-order valence-corrected chi connectivity index (χ2v) is 2.40. The van der Waals surface area contributed by atoms with Crippen molar-refractivity contribution in [2.24, 2.45) is 0 Å². The number of aryl methyl sites for hydroxylation is 1. The van der Waals surface area contributed by atoms with Crippen LogP contribution in [-0.4, -0.2) is 14.4 Å². The molecule has 11 heavy (non-hydrogen) atoms. The molecule has 0 aromatic carbocycles. The number of rotatable bonds is 1. The molecule has 0 radical (unpaired) electrons. The van der Waals surface area contributed by atoms with E-state index >= 15 is 0 Å². The summed E-state index contributed by atoms with van der Waals surface area (Å²) in [7, 11) is 0. The van der Waals surface area contributed by atoms with Crippen LogP contribution in [0.4, 0.5) is 0 Å². The van der Waals surface area contributed by atoms with Gasteiger partial charge in [-0.3, -0.25) is 4.40 Å². The third-order valence-electron chi connectivity index (χ3n) is 1.73. The van der Waals surface area contributed by atoms with E-state index in [4.69, 9.17) is 0 Å². The van der Waals surface area contributed by atoms with E-state index < -0.39 is 0 Å². The molecule has 0 amide bonds. The van der Waals surface area contributed by atoms with Gasteiger partial charge in [-0.15, -0.1) is 0 Å². The van der Waals surface area contributed by atoms with E-state index in [-0.39, 0.29) is 0 Å². The van der Waals surface area contributed by atoms with Gasteiger partial charge in [-0.05, 0) is 6.07 Å². The van der Waals surface area contributed by atoms with Crippen molar-refractivity contribution in [2.75, 3.05) is 0 Å². The molecule has 0 fully saturated rings. The normalized spacial score (nSPS) is 10.6. The molecule has 0 atom stereocenters. The maximum atomic E-state index is 4.24. The summed E-state index contributed by atoms with van der Waals surface area (Å²) in [6, 6.07) is 1.95. The zero-order valence-corrected chi connectivity index (χ0v) is 6.36. The molecule has 2 aromatic heterocycles. The number of nitrogens with zero attached hydrogens (tertiary/aromatic N) is 3. The summed E-state index contributed by atoms with van der Waals surface area (Å²) in [4.78, 5) is 8.25. The van der Waals surface area contributed by atoms with E-state index in [9.17, 15) is 0 Å². The minimum absolute atomic E-state index is 0.944. The number of hydrogen-bond donors (Lipinski definition) is 0. The largest absolute Gasteiger partial charge is 0.287 e. The van der Waals surface area contributed by atoms with Crippen LogP contribution in [0.2, 0.25) is 0 Å². The van der Waals surface area contributed by atoms with E-state index in [1.54, 1.807) is 12.5 Å². The van der Waals surface area contributed by atoms with Crippen molar-refractivity contribution in [3.05, 3.63) is 30.6 Å². The van der Waals surface area contributed by atoms with Gasteiger partial charge in [0.1, 0.15) is 12.2 Å². The highest BCUT2D eigenvalue weighted by molar-refractivity contribution is 5.44. The Labute approximate surface area is 64.7 Å². The summed E-state index contributed by atoms with van der Waals surface area (Å²) in [5.41, 5.74) is 1.11. The number of aromatic nitrogens is 3. The number of fused-ring (bicyclic) bond motifs is 1. The first kappa shape index (κ1) is 6.34. The topological polar surface area (TPSA) is 30.2 Å². The zero-order chi connectivity index (χ0) is 7.68. The van der Waals surface area contributed by atoms with Gasteiger partial charge in [0.2, 0.25) is 0 Å². The number of imidazole rings is 1. The monoisotopic (exact) mass is 147 g/mol. The minimum atomic E-state index is 0.944. The van der Waals surface area contributed by atoms with Crippen LogP contribution in [0.1, 0.15) is 12.7 Å². The van der Waals surface area contributed by atoms with Crippen LogP contribution in [0.5, 0.6) is 0 Å². The Hall–Kier alpha value is -1.38. The van der Waals surface area contributed by atoms with Gasteiger partial charge < -0.3 is 0 Å². The van der Waals surface area contributed by atoms with Crippen molar-refractivity contribution in [1.82, 2.24) is 14.4 Å². The fourth-order valence-corrected chi connectivity index (χ4v) is 1.16. The summed E-state index contributed by atoms with van der Waals surface area (Å²) >= 11 is 0. The fraction of sp³-hybridized carbons (Fsp3) is 0.250. The zero-order valence-electron chi connectivity index (χ0n) is 6.36. The summed E-state index contributed by atoms with van der Waals surface area (Å²) < 4.78 is 2.00. The van der Waals surface area contributed by atoms with E-state index in [0.29, 0.717) is 0 Å². The standard InChI is InChI=1S/C8H9N3/c1-2-8-10-5-7-3-4-9-6-11(7)8/h3-6H,2H2,1H3. The quantitative estimate of drug-likeness (QED) is 0.608.